The van der Waals surface area contributed by atoms with Gasteiger partial charge in [0.25, 0.3) is 5.92 Å². The number of hydrogen-bond acceptors (Lipinski definition) is 3. The second kappa shape index (κ2) is 6.11. The van der Waals surface area contributed by atoms with Gasteiger partial charge in [-0.25, -0.2) is 8.78 Å². The van der Waals surface area contributed by atoms with Gasteiger partial charge in [0, 0.05) is 37.9 Å². The SMILES string of the molecule is CCN1CC[C@@]2(CN(C(=O)Cc3ccccn3)CC(F)(F)C2)C1=O. The average Bonchev–Trinajstić information content (AvgIpc) is 2.82. The zero-order chi connectivity index (χ0) is 17.4. The number of hydrogen-bond donors (Lipinski definition) is 0. The molecule has 0 saturated carbocycles. The largest absolute Gasteiger partial charge is 0.342 e. The van der Waals surface area contributed by atoms with E-state index in [-0.39, 0.29) is 18.9 Å². The summed E-state index contributed by atoms with van der Waals surface area (Å²) in [5, 5.41) is 0. The summed E-state index contributed by atoms with van der Waals surface area (Å²) < 4.78 is 28.5. The molecule has 0 aromatic carbocycles. The van der Waals surface area contributed by atoms with Crippen LogP contribution in [0.3, 0.4) is 0 Å². The smallest absolute Gasteiger partial charge is 0.266 e. The normalized spacial score (nSPS) is 26.2. The van der Waals surface area contributed by atoms with Crippen molar-refractivity contribution >= 4 is 11.8 Å². The zero-order valence-corrected chi connectivity index (χ0v) is 13.7. The predicted octanol–water partition coefficient (Wildman–Crippen LogP) is 1.73. The van der Waals surface area contributed by atoms with Crippen molar-refractivity contribution in [1.29, 1.82) is 0 Å². The molecule has 0 unspecified atom stereocenters. The number of amides is 2. The van der Waals surface area contributed by atoms with E-state index in [1.807, 2.05) is 6.92 Å². The Morgan fingerprint density at radius 3 is 2.75 bits per heavy atom. The van der Waals surface area contributed by atoms with E-state index in [2.05, 4.69) is 4.98 Å². The van der Waals surface area contributed by atoms with Crippen molar-refractivity contribution in [1.82, 2.24) is 14.8 Å². The highest BCUT2D eigenvalue weighted by Crippen LogP contribution is 2.45. The van der Waals surface area contributed by atoms with Crippen LogP contribution in [0, 0.1) is 5.41 Å². The third-order valence-corrected chi connectivity index (χ3v) is 4.91. The highest BCUT2D eigenvalue weighted by molar-refractivity contribution is 5.87. The Bertz CT molecular complexity index is 638. The van der Waals surface area contributed by atoms with Crippen molar-refractivity contribution in [3.63, 3.8) is 0 Å². The summed E-state index contributed by atoms with van der Waals surface area (Å²) in [5.41, 5.74) is -0.601. The summed E-state index contributed by atoms with van der Waals surface area (Å²) in [6, 6.07) is 5.17. The van der Waals surface area contributed by atoms with Crippen LogP contribution in [0.1, 0.15) is 25.5 Å². The summed E-state index contributed by atoms with van der Waals surface area (Å²) >= 11 is 0. The van der Waals surface area contributed by atoms with E-state index < -0.39 is 30.2 Å². The molecule has 1 aromatic heterocycles. The molecule has 3 heterocycles. The van der Waals surface area contributed by atoms with Crippen LogP contribution in [-0.2, 0) is 16.0 Å². The highest BCUT2D eigenvalue weighted by Gasteiger charge is 2.57. The molecule has 0 radical (unpaired) electrons. The Balaban J connectivity index is 1.79. The Morgan fingerprint density at radius 1 is 1.33 bits per heavy atom. The minimum absolute atomic E-state index is 0.0291. The summed E-state index contributed by atoms with van der Waals surface area (Å²) in [6.45, 7) is 2.27. The van der Waals surface area contributed by atoms with Gasteiger partial charge >= 0.3 is 0 Å². The summed E-state index contributed by atoms with van der Waals surface area (Å²) in [6.07, 6.45) is 1.44. The van der Waals surface area contributed by atoms with Gasteiger partial charge in [0.2, 0.25) is 11.8 Å². The summed E-state index contributed by atoms with van der Waals surface area (Å²) in [4.78, 5) is 31.9. The number of pyridine rings is 1. The molecule has 0 N–H and O–H groups in total. The molecule has 3 rings (SSSR count). The molecule has 2 saturated heterocycles. The maximum atomic E-state index is 14.3. The van der Waals surface area contributed by atoms with Gasteiger partial charge in [0.05, 0.1) is 18.4 Å². The third kappa shape index (κ3) is 3.12. The van der Waals surface area contributed by atoms with Gasteiger partial charge in [-0.15, -0.1) is 0 Å². The predicted molar refractivity (Wildman–Crippen MR) is 83.4 cm³/mol. The topological polar surface area (TPSA) is 53.5 Å². The van der Waals surface area contributed by atoms with Crippen molar-refractivity contribution in [3.05, 3.63) is 30.1 Å². The number of alkyl halides is 2. The molecule has 2 aliphatic rings. The van der Waals surface area contributed by atoms with E-state index in [1.54, 1.807) is 29.3 Å². The van der Waals surface area contributed by atoms with Crippen LogP contribution in [0.25, 0.3) is 0 Å². The van der Waals surface area contributed by atoms with Gasteiger partial charge in [-0.2, -0.15) is 0 Å². The van der Waals surface area contributed by atoms with E-state index in [1.165, 1.54) is 0 Å². The molecule has 2 fully saturated rings. The first-order valence-corrected chi connectivity index (χ1v) is 8.20. The lowest BCUT2D eigenvalue weighted by Crippen LogP contribution is -2.57. The molecular weight excluding hydrogens is 316 g/mol. The Hall–Kier alpha value is -2.05. The number of piperidine rings is 1. The van der Waals surface area contributed by atoms with Crippen LogP contribution >= 0.6 is 0 Å². The first-order chi connectivity index (χ1) is 11.4. The zero-order valence-electron chi connectivity index (χ0n) is 13.7. The molecule has 2 amide bonds. The fraction of sp³-hybridized carbons (Fsp3) is 0.588. The van der Waals surface area contributed by atoms with Crippen LogP contribution in [0.5, 0.6) is 0 Å². The number of aromatic nitrogens is 1. The van der Waals surface area contributed by atoms with E-state index >= 15 is 0 Å². The first-order valence-electron chi connectivity index (χ1n) is 8.20. The lowest BCUT2D eigenvalue weighted by Gasteiger charge is -2.42. The Labute approximate surface area is 139 Å². The van der Waals surface area contributed by atoms with Crippen LogP contribution < -0.4 is 0 Å². The molecule has 24 heavy (non-hydrogen) atoms. The van der Waals surface area contributed by atoms with Gasteiger partial charge in [-0.05, 0) is 25.5 Å². The van der Waals surface area contributed by atoms with Crippen molar-refractivity contribution in [2.75, 3.05) is 26.2 Å². The van der Waals surface area contributed by atoms with Crippen LogP contribution in [-0.4, -0.2) is 58.7 Å². The number of rotatable bonds is 3. The van der Waals surface area contributed by atoms with Crippen molar-refractivity contribution in [2.45, 2.75) is 32.1 Å². The number of likely N-dealkylation sites (tertiary alicyclic amines) is 2. The van der Waals surface area contributed by atoms with Crippen molar-refractivity contribution in [2.24, 2.45) is 5.41 Å². The van der Waals surface area contributed by atoms with E-state index in [0.29, 0.717) is 25.2 Å². The maximum Gasteiger partial charge on any atom is 0.266 e. The second-order valence-corrected chi connectivity index (χ2v) is 6.70. The van der Waals surface area contributed by atoms with E-state index in [4.69, 9.17) is 0 Å². The second-order valence-electron chi connectivity index (χ2n) is 6.70. The van der Waals surface area contributed by atoms with Crippen LogP contribution in [0.4, 0.5) is 8.78 Å². The average molecular weight is 337 g/mol. The van der Waals surface area contributed by atoms with Crippen LogP contribution in [0.15, 0.2) is 24.4 Å². The lowest BCUT2D eigenvalue weighted by molar-refractivity contribution is -0.162. The van der Waals surface area contributed by atoms with E-state index in [9.17, 15) is 18.4 Å². The lowest BCUT2D eigenvalue weighted by atomic mass is 9.77. The number of carbonyl (C=O) groups excluding carboxylic acids is 2. The summed E-state index contributed by atoms with van der Waals surface area (Å²) in [5.74, 6) is -3.70. The molecule has 7 heteroatoms. The molecule has 0 bridgehead atoms. The Kier molecular flexibility index (Phi) is 4.27. The van der Waals surface area contributed by atoms with Crippen LogP contribution in [0.2, 0.25) is 0 Å². The quantitative estimate of drug-likeness (QED) is 0.844. The molecule has 5 nitrogen and oxygen atoms in total. The fourth-order valence-corrected chi connectivity index (χ4v) is 3.76. The molecule has 1 aromatic rings. The summed E-state index contributed by atoms with van der Waals surface area (Å²) in [7, 11) is 0. The highest BCUT2D eigenvalue weighted by atomic mass is 19.3. The number of halogens is 2. The minimum atomic E-state index is -3.04. The number of carbonyl (C=O) groups is 2. The van der Waals surface area contributed by atoms with Gasteiger partial charge in [0.15, 0.2) is 0 Å². The molecule has 130 valence electrons. The van der Waals surface area contributed by atoms with Gasteiger partial charge in [-0.3, -0.25) is 14.6 Å². The molecule has 0 aliphatic carbocycles. The van der Waals surface area contributed by atoms with Crippen molar-refractivity contribution < 1.29 is 18.4 Å². The molecular formula is C17H21F2N3O2. The van der Waals surface area contributed by atoms with Gasteiger partial charge < -0.3 is 9.80 Å². The molecule has 1 spiro atoms. The fourth-order valence-electron chi connectivity index (χ4n) is 3.76. The third-order valence-electron chi connectivity index (χ3n) is 4.91. The minimum Gasteiger partial charge on any atom is -0.342 e. The monoisotopic (exact) mass is 337 g/mol. The van der Waals surface area contributed by atoms with E-state index in [0.717, 1.165) is 4.90 Å². The van der Waals surface area contributed by atoms with Gasteiger partial charge in [0.1, 0.15) is 0 Å². The van der Waals surface area contributed by atoms with Gasteiger partial charge in [-0.1, -0.05) is 6.07 Å². The van der Waals surface area contributed by atoms with Crippen molar-refractivity contribution in [3.8, 4) is 0 Å². The number of nitrogens with zero attached hydrogens (tertiary/aromatic N) is 3. The molecule has 2 aliphatic heterocycles. The standard InChI is InChI=1S/C17H21F2N3O2/c1-2-21-8-6-16(15(21)24)10-17(18,19)12-22(11-16)14(23)9-13-5-3-4-7-20-13/h3-5,7H,2,6,8-12H2,1H3/t16-/m1/s1. The Morgan fingerprint density at radius 2 is 2.12 bits per heavy atom. The molecule has 1 atom stereocenters. The first kappa shape index (κ1) is 16.8. The maximum absolute atomic E-state index is 14.3.